The van der Waals surface area contributed by atoms with Crippen LogP contribution in [0.1, 0.15) is 11.1 Å². The Morgan fingerprint density at radius 2 is 2.04 bits per heavy atom. The number of nitro benzene ring substituents is 1. The number of hydrogen-bond donors (Lipinski definition) is 2. The number of carbonyl (C=O) groups excluding carboxylic acids is 1. The van der Waals surface area contributed by atoms with E-state index < -0.39 is 10.8 Å². The maximum Gasteiger partial charge on any atom is 0.271 e. The molecule has 0 aromatic heterocycles. The molecule has 1 heterocycles. The average molecular weight is 436 g/mol. The van der Waals surface area contributed by atoms with Crippen molar-refractivity contribution in [1.29, 1.82) is 0 Å². The summed E-state index contributed by atoms with van der Waals surface area (Å²) in [6, 6.07) is 7.53. The Morgan fingerprint density at radius 3 is 2.78 bits per heavy atom. The Morgan fingerprint density at radius 1 is 1.30 bits per heavy atom. The third-order valence-electron chi connectivity index (χ3n) is 3.65. The second kappa shape index (κ2) is 8.04. The predicted octanol–water partition coefficient (Wildman–Crippen LogP) is 2.53. The number of amides is 1. The van der Waals surface area contributed by atoms with E-state index in [1.165, 1.54) is 6.07 Å². The van der Waals surface area contributed by atoms with E-state index in [0.29, 0.717) is 30.3 Å². The third-order valence-corrected chi connectivity index (χ3v) is 4.26. The molecule has 0 saturated heterocycles. The number of hydrazone groups is 1. The van der Waals surface area contributed by atoms with E-state index in [4.69, 9.17) is 9.47 Å². The number of nitrogens with zero attached hydrogens (tertiary/aromatic N) is 2. The van der Waals surface area contributed by atoms with E-state index in [1.807, 2.05) is 0 Å². The highest BCUT2D eigenvalue weighted by Gasteiger charge is 2.15. The van der Waals surface area contributed by atoms with Crippen molar-refractivity contribution >= 4 is 33.7 Å². The summed E-state index contributed by atoms with van der Waals surface area (Å²) in [5, 5.41) is 24.5. The summed E-state index contributed by atoms with van der Waals surface area (Å²) >= 11 is 3.03. The molecular weight excluding hydrogens is 422 g/mol. The van der Waals surface area contributed by atoms with Crippen molar-refractivity contribution in [2.75, 3.05) is 13.2 Å². The average Bonchev–Trinajstić information content (AvgIpc) is 2.64. The van der Waals surface area contributed by atoms with Crippen molar-refractivity contribution < 1.29 is 24.3 Å². The first-order valence-corrected chi connectivity index (χ1v) is 8.60. The number of rotatable bonds is 5. The SMILES string of the molecule is O=C(Cc1ccc2c(c1)OCCO2)N/N=C/c1cc([N+](=O)[O-])cc(Br)c1O. The van der Waals surface area contributed by atoms with Gasteiger partial charge in [0.2, 0.25) is 5.91 Å². The lowest BCUT2D eigenvalue weighted by Crippen LogP contribution is -2.20. The monoisotopic (exact) mass is 435 g/mol. The molecule has 0 radical (unpaired) electrons. The van der Waals surface area contributed by atoms with Crippen LogP contribution in [0.4, 0.5) is 5.69 Å². The molecule has 0 aliphatic carbocycles. The molecule has 10 heteroatoms. The van der Waals surface area contributed by atoms with E-state index in [0.717, 1.165) is 12.3 Å². The van der Waals surface area contributed by atoms with Crippen LogP contribution in [-0.4, -0.2) is 35.4 Å². The molecule has 2 N–H and O–H groups in total. The second-order valence-corrected chi connectivity index (χ2v) is 6.42. The van der Waals surface area contributed by atoms with Crippen molar-refractivity contribution in [3.8, 4) is 17.2 Å². The summed E-state index contributed by atoms with van der Waals surface area (Å²) in [6.07, 6.45) is 1.19. The Hall–Kier alpha value is -3.14. The highest BCUT2D eigenvalue weighted by Crippen LogP contribution is 2.32. The zero-order valence-electron chi connectivity index (χ0n) is 13.8. The van der Waals surface area contributed by atoms with Crippen LogP contribution >= 0.6 is 15.9 Å². The number of non-ortho nitro benzene ring substituents is 1. The summed E-state index contributed by atoms with van der Waals surface area (Å²) in [5.41, 5.74) is 2.91. The molecule has 2 aromatic carbocycles. The number of halogens is 1. The topological polar surface area (TPSA) is 123 Å². The normalized spacial score (nSPS) is 12.8. The molecular formula is C17H14BrN3O6. The number of ether oxygens (including phenoxy) is 2. The van der Waals surface area contributed by atoms with Crippen molar-refractivity contribution in [2.24, 2.45) is 5.10 Å². The van der Waals surface area contributed by atoms with Crippen LogP contribution in [0, 0.1) is 10.1 Å². The highest BCUT2D eigenvalue weighted by molar-refractivity contribution is 9.10. The van der Waals surface area contributed by atoms with Crippen molar-refractivity contribution in [1.82, 2.24) is 5.43 Å². The van der Waals surface area contributed by atoms with Crippen molar-refractivity contribution in [3.05, 3.63) is 56.0 Å². The number of nitrogens with one attached hydrogen (secondary N) is 1. The van der Waals surface area contributed by atoms with Crippen molar-refractivity contribution in [3.63, 3.8) is 0 Å². The minimum atomic E-state index is -0.595. The Kier molecular flexibility index (Phi) is 5.55. The largest absolute Gasteiger partial charge is 0.506 e. The molecule has 0 spiro atoms. The Labute approximate surface area is 161 Å². The van der Waals surface area contributed by atoms with Gasteiger partial charge in [0, 0.05) is 17.7 Å². The smallest absolute Gasteiger partial charge is 0.271 e. The molecule has 140 valence electrons. The number of phenolic OH excluding ortho intramolecular Hbond substituents is 1. The summed E-state index contributed by atoms with van der Waals surface area (Å²) in [7, 11) is 0. The van der Waals surface area contributed by atoms with E-state index in [2.05, 4.69) is 26.5 Å². The van der Waals surface area contributed by atoms with Gasteiger partial charge in [0.05, 0.1) is 22.0 Å². The maximum atomic E-state index is 12.0. The molecule has 9 nitrogen and oxygen atoms in total. The quantitative estimate of drug-likeness (QED) is 0.422. The molecule has 1 aliphatic heterocycles. The van der Waals surface area contributed by atoms with Crippen LogP contribution in [0.2, 0.25) is 0 Å². The van der Waals surface area contributed by atoms with Crippen LogP contribution in [-0.2, 0) is 11.2 Å². The molecule has 0 atom stereocenters. The summed E-state index contributed by atoms with van der Waals surface area (Å²) in [5.74, 6) is 0.605. The molecule has 0 saturated carbocycles. The van der Waals surface area contributed by atoms with Gasteiger partial charge in [-0.3, -0.25) is 14.9 Å². The maximum absolute atomic E-state index is 12.0. The molecule has 3 rings (SSSR count). The van der Waals surface area contributed by atoms with Crippen LogP contribution in [0.3, 0.4) is 0 Å². The van der Waals surface area contributed by atoms with Gasteiger partial charge in [0.15, 0.2) is 11.5 Å². The molecule has 1 amide bonds. The minimum Gasteiger partial charge on any atom is -0.506 e. The lowest BCUT2D eigenvalue weighted by Gasteiger charge is -2.18. The van der Waals surface area contributed by atoms with Gasteiger partial charge in [-0.2, -0.15) is 5.10 Å². The first-order chi connectivity index (χ1) is 12.9. The Bertz CT molecular complexity index is 931. The number of nitro groups is 1. The number of phenols is 1. The number of hydrogen-bond acceptors (Lipinski definition) is 7. The first-order valence-electron chi connectivity index (χ1n) is 7.81. The number of fused-ring (bicyclic) bond motifs is 1. The summed E-state index contributed by atoms with van der Waals surface area (Å²) in [6.45, 7) is 0.942. The van der Waals surface area contributed by atoms with E-state index in [-0.39, 0.29) is 27.9 Å². The van der Waals surface area contributed by atoms with Gasteiger partial charge in [-0.1, -0.05) is 6.07 Å². The second-order valence-electron chi connectivity index (χ2n) is 5.57. The fourth-order valence-electron chi connectivity index (χ4n) is 2.41. The summed E-state index contributed by atoms with van der Waals surface area (Å²) < 4.78 is 11.0. The number of carbonyl (C=O) groups is 1. The van der Waals surface area contributed by atoms with Crippen molar-refractivity contribution in [2.45, 2.75) is 6.42 Å². The molecule has 27 heavy (non-hydrogen) atoms. The van der Waals surface area contributed by atoms with Crippen LogP contribution < -0.4 is 14.9 Å². The van der Waals surface area contributed by atoms with Crippen LogP contribution in [0.15, 0.2) is 39.9 Å². The third kappa shape index (κ3) is 4.53. The molecule has 1 aliphatic rings. The molecule has 2 aromatic rings. The lowest BCUT2D eigenvalue weighted by molar-refractivity contribution is -0.385. The lowest BCUT2D eigenvalue weighted by atomic mass is 10.1. The van der Waals surface area contributed by atoms with Gasteiger partial charge in [0.1, 0.15) is 19.0 Å². The van der Waals surface area contributed by atoms with Gasteiger partial charge < -0.3 is 14.6 Å². The minimum absolute atomic E-state index is 0.0542. The fourth-order valence-corrected chi connectivity index (χ4v) is 2.87. The standard InChI is InChI=1S/C17H14BrN3O6/c18-13-8-12(21(24)25)7-11(17(13)23)9-19-20-16(22)6-10-1-2-14-15(5-10)27-4-3-26-14/h1-2,5,7-9,23H,3-4,6H2,(H,20,22)/b19-9+. The Balaban J connectivity index is 1.65. The fraction of sp³-hybridized carbons (Fsp3) is 0.176. The van der Waals surface area contributed by atoms with Gasteiger partial charge in [0.25, 0.3) is 5.69 Å². The van der Waals surface area contributed by atoms with Gasteiger partial charge in [-0.25, -0.2) is 5.43 Å². The van der Waals surface area contributed by atoms with Crippen LogP contribution in [0.25, 0.3) is 0 Å². The van der Waals surface area contributed by atoms with E-state index >= 15 is 0 Å². The highest BCUT2D eigenvalue weighted by atomic mass is 79.9. The van der Waals surface area contributed by atoms with Gasteiger partial charge >= 0.3 is 0 Å². The molecule has 0 unspecified atom stereocenters. The summed E-state index contributed by atoms with van der Waals surface area (Å²) in [4.78, 5) is 22.3. The number of benzene rings is 2. The zero-order valence-corrected chi connectivity index (χ0v) is 15.4. The number of aromatic hydroxyl groups is 1. The predicted molar refractivity (Wildman–Crippen MR) is 99.3 cm³/mol. The first kappa shape index (κ1) is 18.6. The zero-order chi connectivity index (χ0) is 19.4. The van der Waals surface area contributed by atoms with Crippen LogP contribution in [0.5, 0.6) is 17.2 Å². The van der Waals surface area contributed by atoms with E-state index in [1.54, 1.807) is 18.2 Å². The molecule has 0 fully saturated rings. The molecule has 0 bridgehead atoms. The van der Waals surface area contributed by atoms with Gasteiger partial charge in [-0.05, 0) is 33.6 Å². The van der Waals surface area contributed by atoms with E-state index in [9.17, 15) is 20.0 Å². The van der Waals surface area contributed by atoms with Gasteiger partial charge in [-0.15, -0.1) is 0 Å².